The summed E-state index contributed by atoms with van der Waals surface area (Å²) in [7, 11) is 0. The second-order valence-electron chi connectivity index (χ2n) is 7.57. The highest BCUT2D eigenvalue weighted by molar-refractivity contribution is 5.91. The molecular weight excluding hydrogens is 342 g/mol. The first-order chi connectivity index (χ1) is 13.0. The average molecular weight is 365 g/mol. The van der Waals surface area contributed by atoms with E-state index in [4.69, 9.17) is 4.52 Å². The first kappa shape index (κ1) is 17.7. The van der Waals surface area contributed by atoms with Crippen LogP contribution in [0.1, 0.15) is 60.5 Å². The summed E-state index contributed by atoms with van der Waals surface area (Å²) in [5.41, 5.74) is 2.60. The molecule has 1 amide bonds. The largest absolute Gasteiger partial charge is 0.393 e. The highest BCUT2D eigenvalue weighted by Crippen LogP contribution is 2.38. The summed E-state index contributed by atoms with van der Waals surface area (Å²) < 4.78 is 5.22. The summed E-state index contributed by atoms with van der Waals surface area (Å²) in [6, 6.07) is 11.4. The van der Waals surface area contributed by atoms with Crippen molar-refractivity contribution in [3.05, 3.63) is 59.6 Å². The summed E-state index contributed by atoms with van der Waals surface area (Å²) in [5, 5.41) is 17.8. The van der Waals surface area contributed by atoms with Crippen molar-refractivity contribution in [2.75, 3.05) is 0 Å². The van der Waals surface area contributed by atoms with Gasteiger partial charge >= 0.3 is 0 Å². The molecule has 2 heterocycles. The number of nitrogens with zero attached hydrogens (tertiary/aromatic N) is 2. The van der Waals surface area contributed by atoms with Crippen molar-refractivity contribution in [2.24, 2.45) is 5.92 Å². The van der Waals surface area contributed by atoms with Gasteiger partial charge in [0, 0.05) is 17.6 Å². The van der Waals surface area contributed by atoms with Gasteiger partial charge in [0.2, 0.25) is 5.76 Å². The second-order valence-corrected chi connectivity index (χ2v) is 7.57. The van der Waals surface area contributed by atoms with Crippen molar-refractivity contribution < 1.29 is 14.4 Å². The van der Waals surface area contributed by atoms with E-state index in [2.05, 4.69) is 21.5 Å². The second kappa shape index (κ2) is 7.12. The van der Waals surface area contributed by atoms with Crippen molar-refractivity contribution in [1.82, 2.24) is 15.5 Å². The third-order valence-electron chi connectivity index (χ3n) is 5.22. The smallest absolute Gasteiger partial charge is 0.290 e. The van der Waals surface area contributed by atoms with Crippen LogP contribution in [0.25, 0.3) is 10.9 Å². The van der Waals surface area contributed by atoms with E-state index in [1.54, 1.807) is 12.3 Å². The van der Waals surface area contributed by atoms with E-state index in [9.17, 15) is 9.90 Å². The number of nitrogens with one attached hydrogen (secondary N) is 1. The molecular formula is C21H23N3O3. The van der Waals surface area contributed by atoms with E-state index in [1.165, 1.54) is 0 Å². The Morgan fingerprint density at radius 1 is 1.26 bits per heavy atom. The van der Waals surface area contributed by atoms with E-state index in [0.717, 1.165) is 22.2 Å². The van der Waals surface area contributed by atoms with Crippen molar-refractivity contribution in [1.29, 1.82) is 0 Å². The number of fused-ring (bicyclic) bond motifs is 1. The fraction of sp³-hybridized carbons (Fsp3) is 0.381. The third kappa shape index (κ3) is 3.57. The number of aliphatic hydroxyl groups is 1. The SMILES string of the molecule is CC(C)c1cc(C(=O)N[C@H](c2cnc3ccccc3c2)C2CC(O)C2)on1. The highest BCUT2D eigenvalue weighted by Gasteiger charge is 2.36. The van der Waals surface area contributed by atoms with Gasteiger partial charge in [-0.2, -0.15) is 0 Å². The minimum atomic E-state index is -0.305. The Hall–Kier alpha value is -2.73. The molecule has 1 aromatic carbocycles. The number of rotatable bonds is 5. The molecule has 140 valence electrons. The van der Waals surface area contributed by atoms with Crippen molar-refractivity contribution >= 4 is 16.8 Å². The maximum absolute atomic E-state index is 12.7. The summed E-state index contributed by atoms with van der Waals surface area (Å²) in [6.07, 6.45) is 2.81. The van der Waals surface area contributed by atoms with E-state index in [0.29, 0.717) is 12.8 Å². The maximum Gasteiger partial charge on any atom is 0.290 e. The fourth-order valence-electron chi connectivity index (χ4n) is 3.51. The van der Waals surface area contributed by atoms with Crippen molar-refractivity contribution in [3.8, 4) is 0 Å². The molecule has 0 aliphatic heterocycles. The van der Waals surface area contributed by atoms with Crippen molar-refractivity contribution in [3.63, 3.8) is 0 Å². The summed E-state index contributed by atoms with van der Waals surface area (Å²) in [6.45, 7) is 4.00. The van der Waals surface area contributed by atoms with Gasteiger partial charge < -0.3 is 14.9 Å². The van der Waals surface area contributed by atoms with Crippen LogP contribution in [0.5, 0.6) is 0 Å². The van der Waals surface area contributed by atoms with Crippen LogP contribution in [-0.2, 0) is 0 Å². The Balaban J connectivity index is 1.61. The molecule has 4 rings (SSSR count). The van der Waals surface area contributed by atoms with Crippen LogP contribution in [0.15, 0.2) is 47.1 Å². The predicted octanol–water partition coefficient (Wildman–Crippen LogP) is 3.59. The number of carbonyl (C=O) groups excluding carboxylic acids is 1. The molecule has 0 unspecified atom stereocenters. The van der Waals surface area contributed by atoms with Gasteiger partial charge in [-0.15, -0.1) is 0 Å². The first-order valence-electron chi connectivity index (χ1n) is 9.31. The Bertz CT molecular complexity index is 960. The Morgan fingerprint density at radius 3 is 2.74 bits per heavy atom. The quantitative estimate of drug-likeness (QED) is 0.721. The standard InChI is InChI=1S/C21H23N3O3/c1-12(2)18-10-19(27-24-18)21(26)23-20(14-8-16(25)9-14)15-7-13-5-3-4-6-17(13)22-11-15/h3-7,10-12,14,16,20,25H,8-9H2,1-2H3,(H,23,26)/t14?,16?,20-/m0/s1. The lowest BCUT2D eigenvalue weighted by molar-refractivity contribution is 0.0231. The number of para-hydroxylation sites is 1. The molecule has 27 heavy (non-hydrogen) atoms. The van der Waals surface area contributed by atoms with Gasteiger partial charge in [0.25, 0.3) is 5.91 Å². The predicted molar refractivity (Wildman–Crippen MR) is 101 cm³/mol. The molecule has 1 atom stereocenters. The molecule has 0 radical (unpaired) electrons. The lowest BCUT2D eigenvalue weighted by atomic mass is 9.75. The minimum Gasteiger partial charge on any atom is -0.393 e. The Labute approximate surface area is 157 Å². The van der Waals surface area contributed by atoms with Crippen LogP contribution in [0.3, 0.4) is 0 Å². The fourth-order valence-corrected chi connectivity index (χ4v) is 3.51. The summed E-state index contributed by atoms with van der Waals surface area (Å²) in [4.78, 5) is 17.2. The lowest BCUT2D eigenvalue weighted by Gasteiger charge is -2.38. The van der Waals surface area contributed by atoms with Gasteiger partial charge in [0.1, 0.15) is 0 Å². The number of hydrogen-bond donors (Lipinski definition) is 2. The van der Waals surface area contributed by atoms with Crippen LogP contribution in [-0.4, -0.2) is 27.3 Å². The van der Waals surface area contributed by atoms with Gasteiger partial charge in [-0.1, -0.05) is 37.2 Å². The molecule has 3 aromatic rings. The zero-order chi connectivity index (χ0) is 19.0. The number of carbonyl (C=O) groups is 1. The molecule has 0 spiro atoms. The van der Waals surface area contributed by atoms with Crippen LogP contribution in [0.2, 0.25) is 0 Å². The summed E-state index contributed by atoms with van der Waals surface area (Å²) in [5.74, 6) is 0.267. The van der Waals surface area contributed by atoms with Crippen LogP contribution >= 0.6 is 0 Å². The third-order valence-corrected chi connectivity index (χ3v) is 5.22. The van der Waals surface area contributed by atoms with E-state index in [-0.39, 0.29) is 35.6 Å². The van der Waals surface area contributed by atoms with E-state index < -0.39 is 0 Å². The molecule has 0 saturated heterocycles. The lowest BCUT2D eigenvalue weighted by Crippen LogP contribution is -2.41. The normalized spacial score (nSPS) is 20.4. The van der Waals surface area contributed by atoms with Crippen LogP contribution in [0.4, 0.5) is 0 Å². The molecule has 1 saturated carbocycles. The number of benzene rings is 1. The molecule has 1 aliphatic carbocycles. The number of pyridine rings is 1. The summed E-state index contributed by atoms with van der Waals surface area (Å²) >= 11 is 0. The van der Waals surface area contributed by atoms with Gasteiger partial charge in [-0.05, 0) is 42.4 Å². The number of hydrogen-bond acceptors (Lipinski definition) is 5. The molecule has 0 bridgehead atoms. The van der Waals surface area contributed by atoms with Crippen LogP contribution in [0, 0.1) is 5.92 Å². The molecule has 2 N–H and O–H groups in total. The van der Waals surface area contributed by atoms with E-state index >= 15 is 0 Å². The zero-order valence-electron chi connectivity index (χ0n) is 15.4. The van der Waals surface area contributed by atoms with Gasteiger partial charge in [-0.3, -0.25) is 9.78 Å². The zero-order valence-corrected chi connectivity index (χ0v) is 15.4. The topological polar surface area (TPSA) is 88.2 Å². The van der Waals surface area contributed by atoms with Gasteiger partial charge in [-0.25, -0.2) is 0 Å². The van der Waals surface area contributed by atoms with Crippen molar-refractivity contribution in [2.45, 2.75) is 44.8 Å². The monoisotopic (exact) mass is 365 g/mol. The maximum atomic E-state index is 12.7. The number of aliphatic hydroxyl groups excluding tert-OH is 1. The molecule has 6 heteroatoms. The molecule has 1 fully saturated rings. The molecule has 1 aliphatic rings. The Morgan fingerprint density at radius 2 is 2.04 bits per heavy atom. The minimum absolute atomic E-state index is 0.166. The van der Waals surface area contributed by atoms with Gasteiger partial charge in [0.05, 0.1) is 23.4 Å². The Kier molecular flexibility index (Phi) is 4.66. The average Bonchev–Trinajstić information content (AvgIpc) is 3.14. The molecule has 6 nitrogen and oxygen atoms in total. The number of amides is 1. The molecule has 2 aromatic heterocycles. The van der Waals surface area contributed by atoms with Crippen LogP contribution < -0.4 is 5.32 Å². The van der Waals surface area contributed by atoms with E-state index in [1.807, 2.05) is 38.1 Å². The first-order valence-corrected chi connectivity index (χ1v) is 9.31. The van der Waals surface area contributed by atoms with Gasteiger partial charge in [0.15, 0.2) is 0 Å². The number of aromatic nitrogens is 2. The highest BCUT2D eigenvalue weighted by atomic mass is 16.5.